The number of rotatable bonds is 2. The molecule has 0 aliphatic heterocycles. The first-order valence-electron chi connectivity index (χ1n) is 7.52. The first-order chi connectivity index (χ1) is 11.9. The number of hydrogen-bond acceptors (Lipinski definition) is 5. The molecule has 0 atom stereocenters. The molecule has 0 saturated heterocycles. The molecule has 8 heteroatoms. The smallest absolute Gasteiger partial charge is 0.308 e. The fourth-order valence-electron chi connectivity index (χ4n) is 2.96. The van der Waals surface area contributed by atoms with Gasteiger partial charge in [0.25, 0.3) is 5.69 Å². The lowest BCUT2D eigenvalue weighted by Crippen LogP contribution is -2.30. The lowest BCUT2D eigenvalue weighted by molar-refractivity contribution is -0.619. The minimum absolute atomic E-state index is 0.0168. The Morgan fingerprint density at radius 3 is 2.80 bits per heavy atom. The molecule has 2 aromatic heterocycles. The van der Waals surface area contributed by atoms with E-state index in [-0.39, 0.29) is 5.69 Å². The number of nitrogens with one attached hydrogen (secondary N) is 1. The summed E-state index contributed by atoms with van der Waals surface area (Å²) in [6.45, 7) is 1.34. The van der Waals surface area contributed by atoms with Crippen LogP contribution in [0.5, 0.6) is 5.75 Å². The summed E-state index contributed by atoms with van der Waals surface area (Å²) < 4.78 is 7.01. The van der Waals surface area contributed by atoms with E-state index in [1.165, 1.54) is 19.1 Å². The third-order valence-electron chi connectivity index (χ3n) is 4.08. The summed E-state index contributed by atoms with van der Waals surface area (Å²) in [4.78, 5) is 29.6. The van der Waals surface area contributed by atoms with Crippen molar-refractivity contribution in [2.75, 3.05) is 0 Å². The number of nitro benzene ring substituents is 1. The van der Waals surface area contributed by atoms with Crippen LogP contribution in [-0.2, 0) is 11.8 Å². The number of esters is 1. The van der Waals surface area contributed by atoms with Gasteiger partial charge in [0.05, 0.1) is 17.4 Å². The van der Waals surface area contributed by atoms with Crippen molar-refractivity contribution in [3.8, 4) is 5.75 Å². The van der Waals surface area contributed by atoms with E-state index in [4.69, 9.17) is 4.74 Å². The molecule has 0 fully saturated rings. The van der Waals surface area contributed by atoms with Crippen LogP contribution in [-0.4, -0.2) is 20.9 Å². The molecule has 0 unspecified atom stereocenters. The molecule has 0 spiro atoms. The Hall–Kier alpha value is -3.55. The molecule has 8 nitrogen and oxygen atoms in total. The minimum atomic E-state index is -0.426. The molecule has 4 aromatic rings. The van der Waals surface area contributed by atoms with Crippen LogP contribution in [0.2, 0.25) is 0 Å². The average molecular weight is 337 g/mol. The van der Waals surface area contributed by atoms with Gasteiger partial charge in [-0.3, -0.25) is 14.9 Å². The van der Waals surface area contributed by atoms with Crippen molar-refractivity contribution in [1.29, 1.82) is 0 Å². The highest BCUT2D eigenvalue weighted by molar-refractivity contribution is 6.04. The van der Waals surface area contributed by atoms with Crippen LogP contribution in [0.4, 0.5) is 5.69 Å². The van der Waals surface area contributed by atoms with E-state index in [2.05, 4.69) is 9.97 Å². The van der Waals surface area contributed by atoms with Gasteiger partial charge in [0.1, 0.15) is 16.8 Å². The Morgan fingerprint density at radius 2 is 2.08 bits per heavy atom. The second-order valence-electron chi connectivity index (χ2n) is 5.72. The number of carbonyl (C=O) groups is 1. The van der Waals surface area contributed by atoms with E-state index in [0.29, 0.717) is 22.2 Å². The summed E-state index contributed by atoms with van der Waals surface area (Å²) in [6.07, 6.45) is 0. The van der Waals surface area contributed by atoms with E-state index in [0.717, 1.165) is 16.7 Å². The van der Waals surface area contributed by atoms with Crippen molar-refractivity contribution in [2.24, 2.45) is 7.05 Å². The molecule has 124 valence electrons. The number of non-ortho nitro benzene ring substituents is 1. The van der Waals surface area contributed by atoms with Crippen molar-refractivity contribution in [1.82, 2.24) is 9.97 Å². The maximum absolute atomic E-state index is 11.1. The van der Waals surface area contributed by atoms with Gasteiger partial charge in [-0.25, -0.2) is 14.5 Å². The number of aromatic amines is 1. The summed E-state index contributed by atoms with van der Waals surface area (Å²) in [6, 6.07) is 9.79. The zero-order chi connectivity index (χ0) is 17.7. The van der Waals surface area contributed by atoms with Gasteiger partial charge in [0.15, 0.2) is 11.0 Å². The SMILES string of the molecule is CC(=O)Oc1ccc2nc3c4cc([N+](=O)[O-])ccc4[nH]c3[n+](C)c2c1. The largest absolute Gasteiger partial charge is 0.427 e. The van der Waals surface area contributed by atoms with Crippen molar-refractivity contribution in [3.05, 3.63) is 46.5 Å². The topological polar surface area (TPSA) is 102 Å². The summed E-state index contributed by atoms with van der Waals surface area (Å²) in [7, 11) is 1.85. The second kappa shape index (κ2) is 5.23. The molecular weight excluding hydrogens is 324 g/mol. The predicted octanol–water partition coefficient (Wildman–Crippen LogP) is 2.53. The molecule has 0 aliphatic carbocycles. The molecule has 25 heavy (non-hydrogen) atoms. The predicted molar refractivity (Wildman–Crippen MR) is 90.2 cm³/mol. The van der Waals surface area contributed by atoms with Gasteiger partial charge in [0, 0.05) is 25.1 Å². The molecule has 2 heterocycles. The number of fused-ring (bicyclic) bond motifs is 4. The lowest BCUT2D eigenvalue weighted by Gasteiger charge is -2.04. The van der Waals surface area contributed by atoms with Gasteiger partial charge in [-0.15, -0.1) is 0 Å². The first kappa shape index (κ1) is 15.0. The minimum Gasteiger partial charge on any atom is -0.427 e. The highest BCUT2D eigenvalue weighted by Crippen LogP contribution is 2.28. The van der Waals surface area contributed by atoms with Gasteiger partial charge >= 0.3 is 11.6 Å². The molecule has 0 saturated carbocycles. The Kier molecular flexibility index (Phi) is 3.14. The highest BCUT2D eigenvalue weighted by Gasteiger charge is 2.20. The summed E-state index contributed by atoms with van der Waals surface area (Å²) >= 11 is 0. The number of aromatic nitrogens is 3. The normalized spacial score (nSPS) is 11.3. The lowest BCUT2D eigenvalue weighted by atomic mass is 10.2. The first-order valence-corrected chi connectivity index (χ1v) is 7.52. The monoisotopic (exact) mass is 337 g/mol. The van der Waals surface area contributed by atoms with Gasteiger partial charge in [0.2, 0.25) is 0 Å². The number of benzene rings is 2. The summed E-state index contributed by atoms with van der Waals surface area (Å²) in [5, 5.41) is 11.7. The maximum atomic E-state index is 11.1. The molecule has 0 radical (unpaired) electrons. The number of ether oxygens (including phenoxy) is 1. The highest BCUT2D eigenvalue weighted by atomic mass is 16.6. The molecule has 2 aromatic carbocycles. The molecule has 0 aliphatic rings. The van der Waals surface area contributed by atoms with Crippen LogP contribution < -0.4 is 9.30 Å². The molecule has 0 bridgehead atoms. The fraction of sp³-hybridized carbons (Fsp3) is 0.118. The number of nitro groups is 1. The van der Waals surface area contributed by atoms with Gasteiger partial charge < -0.3 is 4.74 Å². The second-order valence-corrected chi connectivity index (χ2v) is 5.72. The van der Waals surface area contributed by atoms with Crippen molar-refractivity contribution < 1.29 is 19.0 Å². The van der Waals surface area contributed by atoms with E-state index < -0.39 is 10.9 Å². The number of carbonyl (C=O) groups excluding carboxylic acids is 1. The van der Waals surface area contributed by atoms with Crippen LogP contribution in [0.1, 0.15) is 6.92 Å². The Labute approximate surface area is 140 Å². The molecular formula is C17H13N4O4+. The Bertz CT molecular complexity index is 1200. The average Bonchev–Trinajstić information content (AvgIpc) is 2.93. The molecule has 0 amide bonds. The molecule has 4 rings (SSSR count). The van der Waals surface area contributed by atoms with Crippen LogP contribution >= 0.6 is 0 Å². The Morgan fingerprint density at radius 1 is 1.28 bits per heavy atom. The van der Waals surface area contributed by atoms with E-state index in [9.17, 15) is 14.9 Å². The van der Waals surface area contributed by atoms with E-state index in [1.807, 2.05) is 11.6 Å². The fourth-order valence-corrected chi connectivity index (χ4v) is 2.96. The number of H-pyrrole nitrogens is 1. The van der Waals surface area contributed by atoms with Gasteiger partial charge in [-0.05, 0) is 18.2 Å². The standard InChI is InChI=1S/C17H12N4O4/c1-9(22)25-11-4-6-14-15(8-11)20(2)17-16(18-14)12-7-10(21(23)24)3-5-13(12)19-17/h3-8H,1-2H3/p+1. The quantitative estimate of drug-likeness (QED) is 0.199. The van der Waals surface area contributed by atoms with Gasteiger partial charge in [-0.2, -0.15) is 0 Å². The Balaban J connectivity index is 2.03. The number of nitrogens with zero attached hydrogens (tertiary/aromatic N) is 3. The summed E-state index contributed by atoms with van der Waals surface area (Å²) in [5.74, 6) is 0.0393. The third-order valence-corrected chi connectivity index (χ3v) is 4.08. The van der Waals surface area contributed by atoms with Crippen LogP contribution in [0.25, 0.3) is 33.1 Å². The van der Waals surface area contributed by atoms with E-state index in [1.54, 1.807) is 24.3 Å². The number of aryl methyl sites for hydroxylation is 1. The van der Waals surface area contributed by atoms with Crippen molar-refractivity contribution >= 4 is 44.8 Å². The summed E-state index contributed by atoms with van der Waals surface area (Å²) in [5.41, 5.74) is 3.62. The molecule has 1 N–H and O–H groups in total. The zero-order valence-electron chi connectivity index (χ0n) is 13.4. The van der Waals surface area contributed by atoms with Crippen LogP contribution in [0.15, 0.2) is 36.4 Å². The van der Waals surface area contributed by atoms with E-state index >= 15 is 0 Å². The van der Waals surface area contributed by atoms with Crippen LogP contribution in [0.3, 0.4) is 0 Å². The van der Waals surface area contributed by atoms with Crippen molar-refractivity contribution in [2.45, 2.75) is 6.92 Å². The van der Waals surface area contributed by atoms with Crippen LogP contribution in [0, 0.1) is 10.1 Å². The van der Waals surface area contributed by atoms with Gasteiger partial charge in [-0.1, -0.05) is 0 Å². The van der Waals surface area contributed by atoms with Crippen molar-refractivity contribution in [3.63, 3.8) is 0 Å². The zero-order valence-corrected chi connectivity index (χ0v) is 13.4. The third kappa shape index (κ3) is 2.35. The number of hydrogen-bond donors (Lipinski definition) is 1. The maximum Gasteiger partial charge on any atom is 0.308 e.